The van der Waals surface area contributed by atoms with Crippen molar-refractivity contribution in [2.75, 3.05) is 4.90 Å². The third-order valence-electron chi connectivity index (χ3n) is 9.04. The average Bonchev–Trinajstić information content (AvgIpc) is 3.32. The van der Waals surface area contributed by atoms with Crippen LogP contribution in [0, 0.1) is 0 Å². The van der Waals surface area contributed by atoms with Crippen LogP contribution in [0.4, 0.5) is 11.4 Å². The quantitative estimate of drug-likeness (QED) is 0.230. The van der Waals surface area contributed by atoms with Crippen LogP contribution in [0.1, 0.15) is 53.6 Å². The van der Waals surface area contributed by atoms with Crippen molar-refractivity contribution < 1.29 is 0 Å². The summed E-state index contributed by atoms with van der Waals surface area (Å²) >= 11 is 0. The molecule has 0 saturated heterocycles. The third-order valence-corrected chi connectivity index (χ3v) is 9.04. The molecule has 0 fully saturated rings. The molecule has 2 atom stereocenters. The molecule has 40 heavy (non-hydrogen) atoms. The van der Waals surface area contributed by atoms with Crippen molar-refractivity contribution in [1.29, 1.82) is 0 Å². The molecule has 2 aromatic heterocycles. The highest BCUT2D eigenvalue weighted by atomic mass is 15.2. The van der Waals surface area contributed by atoms with Gasteiger partial charge in [0.15, 0.2) is 0 Å². The molecule has 0 saturated carbocycles. The second-order valence-corrected chi connectivity index (χ2v) is 11.4. The molecular weight excluding hydrogens is 486 g/mol. The monoisotopic (exact) mass is 515 g/mol. The van der Waals surface area contributed by atoms with Crippen LogP contribution in [-0.4, -0.2) is 9.97 Å². The molecule has 8 rings (SSSR count). The number of rotatable bonds is 2. The molecule has 2 aliphatic rings. The van der Waals surface area contributed by atoms with Crippen molar-refractivity contribution in [3.05, 3.63) is 156 Å². The smallest absolute Gasteiger partial charge is 0.0708 e. The fourth-order valence-electron chi connectivity index (χ4n) is 7.28. The molecule has 4 aromatic carbocycles. The van der Waals surface area contributed by atoms with Gasteiger partial charge in [-0.2, -0.15) is 0 Å². The van der Waals surface area contributed by atoms with Crippen LogP contribution >= 0.6 is 0 Å². The van der Waals surface area contributed by atoms with Crippen molar-refractivity contribution in [2.45, 2.75) is 31.2 Å². The number of pyridine rings is 2. The summed E-state index contributed by atoms with van der Waals surface area (Å²) < 4.78 is 0. The first-order valence-corrected chi connectivity index (χ1v) is 14.0. The zero-order valence-corrected chi connectivity index (χ0v) is 22.6. The molecule has 0 spiro atoms. The van der Waals surface area contributed by atoms with Crippen LogP contribution in [0.15, 0.2) is 128 Å². The maximum atomic E-state index is 4.69. The maximum absolute atomic E-state index is 4.69. The molecular formula is C37H29N3. The molecule has 0 bridgehead atoms. The molecule has 0 amide bonds. The van der Waals surface area contributed by atoms with E-state index in [0.29, 0.717) is 0 Å². The number of benzene rings is 4. The van der Waals surface area contributed by atoms with Crippen molar-refractivity contribution >= 4 is 22.1 Å². The van der Waals surface area contributed by atoms with Gasteiger partial charge in [-0.1, -0.05) is 92.7 Å². The summed E-state index contributed by atoms with van der Waals surface area (Å²) in [7, 11) is 0. The number of hydrogen-bond donors (Lipinski definition) is 0. The van der Waals surface area contributed by atoms with Crippen LogP contribution < -0.4 is 4.90 Å². The molecule has 1 aliphatic carbocycles. The molecule has 3 heteroatoms. The van der Waals surface area contributed by atoms with Crippen molar-refractivity contribution in [3.8, 4) is 11.3 Å². The van der Waals surface area contributed by atoms with Gasteiger partial charge in [-0.05, 0) is 63.5 Å². The summed E-state index contributed by atoms with van der Waals surface area (Å²) in [4.78, 5) is 11.9. The van der Waals surface area contributed by atoms with E-state index in [1.807, 2.05) is 18.5 Å². The predicted octanol–water partition coefficient (Wildman–Crippen LogP) is 8.96. The summed E-state index contributed by atoms with van der Waals surface area (Å²) in [5, 5.41) is 2.45. The van der Waals surface area contributed by atoms with Gasteiger partial charge in [0.1, 0.15) is 0 Å². The number of para-hydroxylation sites is 1. The summed E-state index contributed by atoms with van der Waals surface area (Å²) in [5.74, 6) is 0.186. The Bertz CT molecular complexity index is 1910. The molecule has 0 N–H and O–H groups in total. The lowest BCUT2D eigenvalue weighted by Gasteiger charge is -2.33. The second-order valence-electron chi connectivity index (χ2n) is 11.4. The Balaban J connectivity index is 1.45. The minimum atomic E-state index is -0.171. The van der Waals surface area contributed by atoms with Crippen LogP contribution in [-0.2, 0) is 5.41 Å². The zero-order valence-electron chi connectivity index (χ0n) is 22.6. The number of hydrogen-bond acceptors (Lipinski definition) is 3. The van der Waals surface area contributed by atoms with E-state index in [-0.39, 0.29) is 17.4 Å². The van der Waals surface area contributed by atoms with E-state index in [2.05, 4.69) is 133 Å². The summed E-state index contributed by atoms with van der Waals surface area (Å²) in [6.07, 6.45) is 5.93. The molecule has 2 unspecified atom stereocenters. The van der Waals surface area contributed by atoms with Gasteiger partial charge in [-0.3, -0.25) is 9.97 Å². The Morgan fingerprint density at radius 3 is 2.20 bits per heavy atom. The van der Waals surface area contributed by atoms with Crippen LogP contribution in [0.25, 0.3) is 22.0 Å². The standard InChI is InChI=1S/C37H29N3/c1-37(2)30-15-7-5-13-28(30)36-35(27-20-22-38-23-31(27)37)29-14-6-8-17-33(29)40(36)34-19-18-25(32-16-9-10-21-39-32)24-11-3-4-12-26(24)34/h3-23,35-36H,1-2H3. The highest BCUT2D eigenvalue weighted by molar-refractivity contribution is 6.05. The minimum Gasteiger partial charge on any atom is -0.332 e. The van der Waals surface area contributed by atoms with Crippen LogP contribution in [0.2, 0.25) is 0 Å². The summed E-state index contributed by atoms with van der Waals surface area (Å²) in [6, 6.07) is 39.8. The Morgan fingerprint density at radius 2 is 1.35 bits per heavy atom. The average molecular weight is 516 g/mol. The highest BCUT2D eigenvalue weighted by Gasteiger charge is 2.47. The first-order valence-electron chi connectivity index (χ1n) is 14.0. The maximum Gasteiger partial charge on any atom is 0.0708 e. The van der Waals surface area contributed by atoms with Gasteiger partial charge in [0.05, 0.1) is 11.7 Å². The van der Waals surface area contributed by atoms with E-state index >= 15 is 0 Å². The number of nitrogens with zero attached hydrogens (tertiary/aromatic N) is 3. The van der Waals surface area contributed by atoms with Crippen molar-refractivity contribution in [2.24, 2.45) is 0 Å². The van der Waals surface area contributed by atoms with Crippen LogP contribution in [0.3, 0.4) is 0 Å². The lowest BCUT2D eigenvalue weighted by molar-refractivity contribution is 0.630. The van der Waals surface area contributed by atoms with Gasteiger partial charge in [-0.15, -0.1) is 0 Å². The lowest BCUT2D eigenvalue weighted by atomic mass is 9.76. The third kappa shape index (κ3) is 3.18. The Labute approximate surface area is 234 Å². The van der Waals surface area contributed by atoms with E-state index in [4.69, 9.17) is 4.98 Å². The second kappa shape index (κ2) is 8.62. The molecule has 6 aromatic rings. The fraction of sp³-hybridized carbons (Fsp3) is 0.135. The SMILES string of the molecule is CC1(C)c2cnccc2C2c3ccccc3N(c3ccc(-c4ccccn4)c4ccccc34)C2c2ccccc21. The Kier molecular flexibility index (Phi) is 4.99. The van der Waals surface area contributed by atoms with E-state index in [9.17, 15) is 0 Å². The van der Waals surface area contributed by atoms with E-state index in [1.165, 1.54) is 50.0 Å². The van der Waals surface area contributed by atoms with Crippen molar-refractivity contribution in [1.82, 2.24) is 9.97 Å². The van der Waals surface area contributed by atoms with E-state index in [0.717, 1.165) is 11.3 Å². The summed E-state index contributed by atoms with van der Waals surface area (Å²) in [6.45, 7) is 4.70. The zero-order chi connectivity index (χ0) is 26.8. The van der Waals surface area contributed by atoms with Gasteiger partial charge in [0.25, 0.3) is 0 Å². The normalized spacial score (nSPS) is 18.4. The van der Waals surface area contributed by atoms with E-state index < -0.39 is 0 Å². The van der Waals surface area contributed by atoms with Gasteiger partial charge in [0, 0.05) is 52.2 Å². The molecule has 0 radical (unpaired) electrons. The van der Waals surface area contributed by atoms with Gasteiger partial charge < -0.3 is 4.90 Å². The molecule has 3 heterocycles. The molecule has 3 nitrogen and oxygen atoms in total. The largest absolute Gasteiger partial charge is 0.332 e. The topological polar surface area (TPSA) is 29.0 Å². The number of fused-ring (bicyclic) bond motifs is 8. The Hall–Kier alpha value is -4.76. The first kappa shape index (κ1) is 23.2. The first-order chi connectivity index (χ1) is 19.6. The predicted molar refractivity (Wildman–Crippen MR) is 163 cm³/mol. The van der Waals surface area contributed by atoms with Crippen molar-refractivity contribution in [3.63, 3.8) is 0 Å². The van der Waals surface area contributed by atoms with Crippen LogP contribution in [0.5, 0.6) is 0 Å². The fourth-order valence-corrected chi connectivity index (χ4v) is 7.28. The van der Waals surface area contributed by atoms with Gasteiger partial charge in [0.2, 0.25) is 0 Å². The number of aromatic nitrogens is 2. The lowest BCUT2D eigenvalue weighted by Crippen LogP contribution is -2.24. The van der Waals surface area contributed by atoms with E-state index in [1.54, 1.807) is 0 Å². The Morgan fingerprint density at radius 1 is 0.600 bits per heavy atom. The highest BCUT2D eigenvalue weighted by Crippen LogP contribution is 2.60. The van der Waals surface area contributed by atoms with Gasteiger partial charge >= 0.3 is 0 Å². The summed E-state index contributed by atoms with van der Waals surface area (Å²) in [5.41, 5.74) is 11.3. The molecule has 1 aliphatic heterocycles. The minimum absolute atomic E-state index is 0.112. The molecule has 192 valence electrons. The number of anilines is 2. The van der Waals surface area contributed by atoms with Gasteiger partial charge in [-0.25, -0.2) is 0 Å².